The first-order valence-corrected chi connectivity index (χ1v) is 11.5. The molecule has 2 amide bonds. The molecule has 0 atom stereocenters. The molecule has 0 radical (unpaired) electrons. The minimum Gasteiger partial charge on any atom is -0.358 e. The molecule has 8 heteroatoms. The second kappa shape index (κ2) is 9.84. The molecule has 4 rings (SSSR count). The number of halogens is 2. The van der Waals surface area contributed by atoms with Crippen molar-refractivity contribution in [3.8, 4) is 11.1 Å². The van der Waals surface area contributed by atoms with Crippen LogP contribution in [0.4, 0.5) is 14.5 Å². The van der Waals surface area contributed by atoms with E-state index in [0.29, 0.717) is 51.4 Å². The van der Waals surface area contributed by atoms with Crippen molar-refractivity contribution in [2.24, 2.45) is 0 Å². The fourth-order valence-electron chi connectivity index (χ4n) is 4.33. The monoisotopic (exact) mass is 478 g/mol. The Balaban J connectivity index is 1.73. The van der Waals surface area contributed by atoms with Crippen LogP contribution in [0.1, 0.15) is 39.8 Å². The number of carbonyl (C=O) groups is 2. The molecule has 2 heterocycles. The minimum atomic E-state index is -0.973. The highest BCUT2D eigenvalue weighted by Gasteiger charge is 2.29. The Morgan fingerprint density at radius 3 is 2.57 bits per heavy atom. The molecule has 1 aliphatic rings. The second-order valence-electron chi connectivity index (χ2n) is 8.66. The zero-order valence-corrected chi connectivity index (χ0v) is 20.2. The standard InChI is InChI=1S/C27H28F2N4O2/c1-5-33(4)13-12-30-27(35)23-15(2)22(31-16(23)3)14-19-24-17(8-7-11-21(24)32-26(19)34)18-9-6-10-20(28)25(18)29/h6-11,14,31H,5,12-13H2,1-4H3,(H,30,35)(H,32,34)/b19-14-. The van der Waals surface area contributed by atoms with Gasteiger partial charge in [0.1, 0.15) is 0 Å². The average molecular weight is 479 g/mol. The van der Waals surface area contributed by atoms with Gasteiger partial charge in [-0.05, 0) is 56.8 Å². The van der Waals surface area contributed by atoms with E-state index >= 15 is 0 Å². The van der Waals surface area contributed by atoms with E-state index in [1.54, 1.807) is 31.2 Å². The zero-order valence-electron chi connectivity index (χ0n) is 20.2. The molecule has 1 aliphatic heterocycles. The van der Waals surface area contributed by atoms with E-state index in [4.69, 9.17) is 0 Å². The molecule has 0 bridgehead atoms. The van der Waals surface area contributed by atoms with Gasteiger partial charge in [0, 0.05) is 41.3 Å². The number of nitrogens with one attached hydrogen (secondary N) is 3. The van der Waals surface area contributed by atoms with E-state index < -0.39 is 11.6 Å². The number of aromatic amines is 1. The average Bonchev–Trinajstić information content (AvgIpc) is 3.30. The zero-order chi connectivity index (χ0) is 25.3. The second-order valence-corrected chi connectivity index (χ2v) is 8.66. The highest BCUT2D eigenvalue weighted by molar-refractivity contribution is 6.36. The third-order valence-corrected chi connectivity index (χ3v) is 6.38. The number of anilines is 1. The summed E-state index contributed by atoms with van der Waals surface area (Å²) in [6.45, 7) is 7.81. The molecule has 0 aliphatic carbocycles. The predicted molar refractivity (Wildman–Crippen MR) is 134 cm³/mol. The first kappa shape index (κ1) is 24.3. The fourth-order valence-corrected chi connectivity index (χ4v) is 4.33. The van der Waals surface area contributed by atoms with Crippen LogP contribution in [0.3, 0.4) is 0 Å². The van der Waals surface area contributed by atoms with Gasteiger partial charge in [-0.1, -0.05) is 31.2 Å². The van der Waals surface area contributed by atoms with Crippen molar-refractivity contribution in [1.82, 2.24) is 15.2 Å². The van der Waals surface area contributed by atoms with Gasteiger partial charge in [-0.3, -0.25) is 9.59 Å². The number of hydrogen-bond acceptors (Lipinski definition) is 3. The Hall–Kier alpha value is -3.78. The lowest BCUT2D eigenvalue weighted by molar-refractivity contribution is -0.110. The number of aryl methyl sites for hydroxylation is 1. The van der Waals surface area contributed by atoms with E-state index in [0.717, 1.165) is 19.2 Å². The van der Waals surface area contributed by atoms with Gasteiger partial charge in [-0.15, -0.1) is 0 Å². The van der Waals surface area contributed by atoms with Gasteiger partial charge in [-0.2, -0.15) is 0 Å². The van der Waals surface area contributed by atoms with E-state index in [1.807, 2.05) is 20.9 Å². The number of likely N-dealkylation sites (N-methyl/N-ethyl adjacent to an activating group) is 1. The van der Waals surface area contributed by atoms with Crippen LogP contribution in [0, 0.1) is 25.5 Å². The summed E-state index contributed by atoms with van der Waals surface area (Å²) >= 11 is 0. The van der Waals surface area contributed by atoms with Crippen molar-refractivity contribution < 1.29 is 18.4 Å². The van der Waals surface area contributed by atoms with Crippen molar-refractivity contribution in [3.05, 3.63) is 76.1 Å². The molecule has 0 fully saturated rings. The molecular weight excluding hydrogens is 450 g/mol. The molecule has 35 heavy (non-hydrogen) atoms. The van der Waals surface area contributed by atoms with Gasteiger partial charge in [0.25, 0.3) is 11.8 Å². The Morgan fingerprint density at radius 1 is 1.11 bits per heavy atom. The van der Waals surface area contributed by atoms with Crippen LogP contribution >= 0.6 is 0 Å². The minimum absolute atomic E-state index is 0.0701. The lowest BCUT2D eigenvalue weighted by Crippen LogP contribution is -2.33. The Labute approximate surface area is 203 Å². The van der Waals surface area contributed by atoms with Crippen molar-refractivity contribution in [2.45, 2.75) is 20.8 Å². The van der Waals surface area contributed by atoms with Gasteiger partial charge < -0.3 is 20.5 Å². The van der Waals surface area contributed by atoms with E-state index in [-0.39, 0.29) is 17.4 Å². The lowest BCUT2D eigenvalue weighted by atomic mass is 9.93. The Bertz CT molecular complexity index is 1340. The van der Waals surface area contributed by atoms with Crippen LogP contribution in [0.15, 0.2) is 36.4 Å². The summed E-state index contributed by atoms with van der Waals surface area (Å²) < 4.78 is 28.6. The van der Waals surface area contributed by atoms with Crippen molar-refractivity contribution in [2.75, 3.05) is 32.0 Å². The van der Waals surface area contributed by atoms with Gasteiger partial charge in [0.15, 0.2) is 11.6 Å². The molecule has 182 valence electrons. The number of nitrogens with zero attached hydrogens (tertiary/aromatic N) is 1. The molecule has 0 spiro atoms. The molecule has 6 nitrogen and oxygen atoms in total. The molecule has 1 aromatic heterocycles. The summed E-state index contributed by atoms with van der Waals surface area (Å²) in [6.07, 6.45) is 1.66. The fraction of sp³-hybridized carbons (Fsp3) is 0.259. The topological polar surface area (TPSA) is 77.2 Å². The number of hydrogen-bond donors (Lipinski definition) is 3. The van der Waals surface area contributed by atoms with Crippen molar-refractivity contribution >= 4 is 29.2 Å². The summed E-state index contributed by atoms with van der Waals surface area (Å²) in [7, 11) is 1.98. The summed E-state index contributed by atoms with van der Waals surface area (Å²) in [5.74, 6) is -2.48. The van der Waals surface area contributed by atoms with Crippen molar-refractivity contribution in [3.63, 3.8) is 0 Å². The number of rotatable bonds is 7. The third kappa shape index (κ3) is 4.61. The van der Waals surface area contributed by atoms with Gasteiger partial charge in [0.05, 0.1) is 11.1 Å². The smallest absolute Gasteiger partial charge is 0.256 e. The maximum atomic E-state index is 14.6. The molecular formula is C27H28F2N4O2. The van der Waals surface area contributed by atoms with Crippen LogP contribution in [0.2, 0.25) is 0 Å². The maximum absolute atomic E-state index is 14.6. The summed E-state index contributed by atoms with van der Waals surface area (Å²) in [5.41, 5.74) is 4.29. The van der Waals surface area contributed by atoms with Crippen LogP contribution in [0.5, 0.6) is 0 Å². The molecule has 0 unspecified atom stereocenters. The summed E-state index contributed by atoms with van der Waals surface area (Å²) in [4.78, 5) is 31.0. The third-order valence-electron chi connectivity index (χ3n) is 6.38. The predicted octanol–water partition coefficient (Wildman–Crippen LogP) is 4.75. The molecule has 3 N–H and O–H groups in total. The number of aromatic nitrogens is 1. The maximum Gasteiger partial charge on any atom is 0.256 e. The Morgan fingerprint density at radius 2 is 1.83 bits per heavy atom. The first-order chi connectivity index (χ1) is 16.7. The first-order valence-electron chi connectivity index (χ1n) is 11.5. The molecule has 3 aromatic rings. The van der Waals surface area contributed by atoms with Gasteiger partial charge >= 0.3 is 0 Å². The van der Waals surface area contributed by atoms with E-state index in [2.05, 4.69) is 20.5 Å². The van der Waals surface area contributed by atoms with Crippen LogP contribution in [-0.2, 0) is 4.79 Å². The van der Waals surface area contributed by atoms with Crippen LogP contribution in [-0.4, -0.2) is 48.4 Å². The number of carbonyl (C=O) groups excluding carboxylic acids is 2. The van der Waals surface area contributed by atoms with Gasteiger partial charge in [-0.25, -0.2) is 8.78 Å². The SMILES string of the molecule is CCN(C)CCNC(=O)c1c(C)[nH]c(/C=C2\C(=O)Nc3cccc(-c4cccc(F)c4F)c32)c1C. The molecule has 2 aromatic carbocycles. The van der Waals surface area contributed by atoms with Gasteiger partial charge in [0.2, 0.25) is 0 Å². The highest BCUT2D eigenvalue weighted by atomic mass is 19.2. The van der Waals surface area contributed by atoms with Crippen molar-refractivity contribution in [1.29, 1.82) is 0 Å². The van der Waals surface area contributed by atoms with E-state index in [9.17, 15) is 18.4 Å². The molecule has 0 saturated carbocycles. The normalized spacial score (nSPS) is 13.9. The number of benzene rings is 2. The van der Waals surface area contributed by atoms with Crippen LogP contribution < -0.4 is 10.6 Å². The number of amides is 2. The summed E-state index contributed by atoms with van der Waals surface area (Å²) in [6, 6.07) is 9.03. The quantitative estimate of drug-likeness (QED) is 0.429. The number of fused-ring (bicyclic) bond motifs is 1. The highest BCUT2D eigenvalue weighted by Crippen LogP contribution is 2.41. The van der Waals surface area contributed by atoms with E-state index in [1.165, 1.54) is 12.1 Å². The lowest BCUT2D eigenvalue weighted by Gasteiger charge is -2.14. The number of H-pyrrole nitrogens is 1. The Kier molecular flexibility index (Phi) is 6.84. The largest absolute Gasteiger partial charge is 0.358 e. The summed E-state index contributed by atoms with van der Waals surface area (Å²) in [5, 5.41) is 5.74. The van der Waals surface area contributed by atoms with Crippen LogP contribution in [0.25, 0.3) is 22.8 Å². The molecule has 0 saturated heterocycles.